The first-order chi connectivity index (χ1) is 16.8. The van der Waals surface area contributed by atoms with Crippen LogP contribution in [0.2, 0.25) is 0 Å². The van der Waals surface area contributed by atoms with Crippen LogP contribution in [0.25, 0.3) is 10.8 Å². The largest absolute Gasteiger partial charge is 0.264 e. The van der Waals surface area contributed by atoms with Gasteiger partial charge in [0.25, 0.3) is 0 Å². The molecule has 1 heterocycles. The number of pyridine rings is 1. The summed E-state index contributed by atoms with van der Waals surface area (Å²) in [6, 6.07) is 22.8. The minimum absolute atomic E-state index is 0.00434. The van der Waals surface area contributed by atoms with Crippen molar-refractivity contribution in [3.05, 3.63) is 110 Å². The molecule has 2 heteroatoms. The normalized spacial score (nSPS) is 12.8. The van der Waals surface area contributed by atoms with E-state index in [2.05, 4.69) is 144 Å². The fraction of sp³-hybridized carbons (Fsp3) is 0.382. The smallest absolute Gasteiger partial charge is 0.0346 e. The molecule has 188 valence electrons. The quantitative estimate of drug-likeness (QED) is 0.204. The summed E-state index contributed by atoms with van der Waals surface area (Å²) >= 11 is 2.52. The highest BCUT2D eigenvalue weighted by Crippen LogP contribution is 2.37. The number of halogens is 1. The molecule has 4 aromatic rings. The van der Waals surface area contributed by atoms with Crippen LogP contribution in [0, 0.1) is 10.5 Å². The third kappa shape index (κ3) is 5.69. The van der Waals surface area contributed by atoms with Gasteiger partial charge in [-0.25, -0.2) is 0 Å². The summed E-state index contributed by atoms with van der Waals surface area (Å²) in [4.78, 5) is 4.42. The van der Waals surface area contributed by atoms with Crippen LogP contribution >= 0.6 is 22.6 Å². The van der Waals surface area contributed by atoms with Crippen molar-refractivity contribution < 1.29 is 0 Å². The Morgan fingerprint density at radius 2 is 1.33 bits per heavy atom. The van der Waals surface area contributed by atoms with Crippen molar-refractivity contribution in [1.29, 1.82) is 0 Å². The monoisotopic (exact) mass is 589 g/mol. The molecule has 0 fully saturated rings. The molecule has 0 N–H and O–H groups in total. The molecule has 0 radical (unpaired) electrons. The second-order valence-corrected chi connectivity index (χ2v) is 13.9. The summed E-state index contributed by atoms with van der Waals surface area (Å²) in [5.41, 5.74) is 8.59. The van der Waals surface area contributed by atoms with E-state index in [4.69, 9.17) is 0 Å². The molecule has 0 spiro atoms. The molecule has 0 bridgehead atoms. The lowest BCUT2D eigenvalue weighted by Gasteiger charge is -2.31. The van der Waals surface area contributed by atoms with Crippen LogP contribution < -0.4 is 0 Å². The second-order valence-electron chi connectivity index (χ2n) is 12.7. The number of nitrogens with zero attached hydrogens (tertiary/aromatic N) is 1. The second kappa shape index (κ2) is 9.93. The van der Waals surface area contributed by atoms with E-state index < -0.39 is 0 Å². The Morgan fingerprint density at radius 1 is 0.694 bits per heavy atom. The third-order valence-corrected chi connectivity index (χ3v) is 8.49. The summed E-state index contributed by atoms with van der Waals surface area (Å²) < 4.78 is 1.34. The average molecular weight is 590 g/mol. The third-order valence-electron chi connectivity index (χ3n) is 7.55. The lowest BCUT2D eigenvalue weighted by molar-refractivity contribution is 0.506. The molecule has 0 saturated carbocycles. The van der Waals surface area contributed by atoms with Gasteiger partial charge in [-0.1, -0.05) is 90.9 Å². The number of aromatic nitrogens is 1. The molecule has 0 aliphatic rings. The Hall–Kier alpha value is -2.20. The van der Waals surface area contributed by atoms with E-state index in [1.165, 1.54) is 47.7 Å². The maximum atomic E-state index is 4.42. The van der Waals surface area contributed by atoms with Crippen LogP contribution in [0.1, 0.15) is 81.8 Å². The van der Waals surface area contributed by atoms with E-state index >= 15 is 0 Å². The van der Waals surface area contributed by atoms with Gasteiger partial charge in [-0.05, 0) is 116 Å². The number of aryl methyl sites for hydroxylation is 1. The summed E-state index contributed by atoms with van der Waals surface area (Å²) in [5, 5.41) is 2.55. The van der Waals surface area contributed by atoms with Crippen LogP contribution in [0.15, 0.2) is 73.1 Å². The van der Waals surface area contributed by atoms with Gasteiger partial charge in [-0.15, -0.1) is 0 Å². The van der Waals surface area contributed by atoms with Crippen LogP contribution in [0.5, 0.6) is 0 Å². The average Bonchev–Trinajstić information content (AvgIpc) is 2.79. The summed E-state index contributed by atoms with van der Waals surface area (Å²) in [5.74, 6) is 0. The van der Waals surface area contributed by atoms with Crippen LogP contribution in [0.3, 0.4) is 0 Å². The number of rotatable bonds is 6. The zero-order chi connectivity index (χ0) is 26.3. The standard InChI is InChI=1S/C34H40IN/c1-23-11-9-10-12-28(23)33(5,6)20-24-13-14-31(35)30(18-24)34(7,8)21-25-17-26-22-36-16-15-27(26)29(19-25)32(2,3)4/h9-19,22H,20-21H2,1-8H3. The number of fused-ring (bicyclic) bond motifs is 1. The minimum Gasteiger partial charge on any atom is -0.264 e. The van der Waals surface area contributed by atoms with E-state index in [1.54, 1.807) is 0 Å². The summed E-state index contributed by atoms with van der Waals surface area (Å²) in [6.07, 6.45) is 5.93. The SMILES string of the molecule is Cc1ccccc1C(C)(C)Cc1ccc(I)c(C(C)(C)Cc2cc(C(C)(C)C)c3ccncc3c2)c1. The molecule has 0 unspecified atom stereocenters. The Balaban J connectivity index is 1.69. The number of benzene rings is 3. The van der Waals surface area contributed by atoms with Crippen molar-refractivity contribution in [2.75, 3.05) is 0 Å². The zero-order valence-corrected chi connectivity index (χ0v) is 25.3. The Bertz CT molecular complexity index is 1390. The molecule has 0 aliphatic heterocycles. The molecule has 36 heavy (non-hydrogen) atoms. The fourth-order valence-electron chi connectivity index (χ4n) is 5.74. The molecule has 0 atom stereocenters. The van der Waals surface area contributed by atoms with E-state index in [9.17, 15) is 0 Å². The van der Waals surface area contributed by atoms with Crippen molar-refractivity contribution in [3.63, 3.8) is 0 Å². The van der Waals surface area contributed by atoms with E-state index in [0.717, 1.165) is 12.8 Å². The lowest BCUT2D eigenvalue weighted by Crippen LogP contribution is -2.25. The molecule has 0 amide bonds. The highest BCUT2D eigenvalue weighted by molar-refractivity contribution is 14.1. The minimum atomic E-state index is 0.00434. The van der Waals surface area contributed by atoms with Gasteiger partial charge >= 0.3 is 0 Å². The Labute approximate surface area is 231 Å². The van der Waals surface area contributed by atoms with Gasteiger partial charge in [0.1, 0.15) is 0 Å². The van der Waals surface area contributed by atoms with Crippen molar-refractivity contribution in [1.82, 2.24) is 4.98 Å². The van der Waals surface area contributed by atoms with Crippen LogP contribution in [-0.4, -0.2) is 4.98 Å². The number of hydrogen-bond acceptors (Lipinski definition) is 1. The van der Waals surface area contributed by atoms with Gasteiger partial charge in [0.2, 0.25) is 0 Å². The van der Waals surface area contributed by atoms with Gasteiger partial charge in [0, 0.05) is 21.4 Å². The van der Waals surface area contributed by atoms with Crippen LogP contribution in [-0.2, 0) is 29.1 Å². The van der Waals surface area contributed by atoms with E-state index in [1.807, 2.05) is 12.4 Å². The topological polar surface area (TPSA) is 12.9 Å². The molecule has 3 aromatic carbocycles. The lowest BCUT2D eigenvalue weighted by atomic mass is 9.74. The van der Waals surface area contributed by atoms with Crippen molar-refractivity contribution >= 4 is 33.4 Å². The summed E-state index contributed by atoms with van der Waals surface area (Å²) in [6.45, 7) is 18.7. The first kappa shape index (κ1) is 26.9. The molecule has 1 aromatic heterocycles. The van der Waals surface area contributed by atoms with Gasteiger partial charge < -0.3 is 0 Å². The maximum absolute atomic E-state index is 4.42. The molecule has 0 aliphatic carbocycles. The number of hydrogen-bond donors (Lipinski definition) is 0. The van der Waals surface area contributed by atoms with Gasteiger partial charge in [0.05, 0.1) is 0 Å². The first-order valence-corrected chi connectivity index (χ1v) is 14.1. The summed E-state index contributed by atoms with van der Waals surface area (Å²) in [7, 11) is 0. The highest BCUT2D eigenvalue weighted by Gasteiger charge is 2.28. The van der Waals surface area contributed by atoms with Crippen LogP contribution in [0.4, 0.5) is 0 Å². The Morgan fingerprint density at radius 3 is 2.03 bits per heavy atom. The van der Waals surface area contributed by atoms with Crippen molar-refractivity contribution in [3.8, 4) is 0 Å². The maximum Gasteiger partial charge on any atom is 0.0346 e. The molecule has 1 nitrogen and oxygen atoms in total. The predicted molar refractivity (Wildman–Crippen MR) is 164 cm³/mol. The van der Waals surface area contributed by atoms with Crippen molar-refractivity contribution in [2.24, 2.45) is 0 Å². The fourth-order valence-corrected chi connectivity index (χ4v) is 6.80. The van der Waals surface area contributed by atoms with E-state index in [0.29, 0.717) is 0 Å². The first-order valence-electron chi connectivity index (χ1n) is 13.0. The molecular formula is C34H40IN. The highest BCUT2D eigenvalue weighted by atomic mass is 127. The molecule has 0 saturated heterocycles. The molecule has 4 rings (SSSR count). The van der Waals surface area contributed by atoms with Crippen molar-refractivity contribution in [2.45, 2.75) is 84.5 Å². The van der Waals surface area contributed by atoms with Gasteiger partial charge in [-0.2, -0.15) is 0 Å². The van der Waals surface area contributed by atoms with Gasteiger partial charge in [-0.3, -0.25) is 4.98 Å². The predicted octanol–water partition coefficient (Wildman–Crippen LogP) is 9.49. The Kier molecular flexibility index (Phi) is 7.41. The zero-order valence-electron chi connectivity index (χ0n) is 23.2. The molecular weight excluding hydrogens is 549 g/mol. The van der Waals surface area contributed by atoms with E-state index in [-0.39, 0.29) is 16.2 Å². The van der Waals surface area contributed by atoms with Gasteiger partial charge in [0.15, 0.2) is 0 Å².